The van der Waals surface area contributed by atoms with Crippen molar-refractivity contribution in [3.8, 4) is 5.75 Å². The molecule has 0 aliphatic carbocycles. The summed E-state index contributed by atoms with van der Waals surface area (Å²) in [7, 11) is 1.52. The maximum absolute atomic E-state index is 12.4. The first-order valence-corrected chi connectivity index (χ1v) is 8.05. The number of aliphatic carboxylic acids is 1. The number of amides is 2. The van der Waals surface area contributed by atoms with Crippen LogP contribution in [0.3, 0.4) is 0 Å². The highest BCUT2D eigenvalue weighted by Gasteiger charge is 2.37. The summed E-state index contributed by atoms with van der Waals surface area (Å²) in [6, 6.07) is 6.08. The largest absolute Gasteiger partial charge is 0.495 e. The maximum atomic E-state index is 12.4. The van der Waals surface area contributed by atoms with Gasteiger partial charge in [0.1, 0.15) is 11.8 Å². The van der Waals surface area contributed by atoms with E-state index in [1.807, 2.05) is 0 Å². The third-order valence-corrected chi connectivity index (χ3v) is 4.09. The molecular weight excluding hydrogens is 324 g/mol. The van der Waals surface area contributed by atoms with Crippen molar-refractivity contribution < 1.29 is 24.2 Å². The van der Waals surface area contributed by atoms with Crippen molar-refractivity contribution in [2.45, 2.75) is 25.8 Å². The monoisotopic (exact) mass is 346 g/mol. The second kappa shape index (κ2) is 8.32. The Balaban J connectivity index is 2.08. The Kier molecular flexibility index (Phi) is 6.16. The molecule has 1 heterocycles. The van der Waals surface area contributed by atoms with Crippen LogP contribution in [-0.4, -0.2) is 42.6 Å². The number of carbonyl (C=O) groups excluding carboxylic acids is 2. The van der Waals surface area contributed by atoms with Crippen LogP contribution < -0.4 is 15.0 Å². The highest BCUT2D eigenvalue weighted by molar-refractivity contribution is 6.01. The molecule has 0 saturated carbocycles. The zero-order valence-electron chi connectivity index (χ0n) is 14.3. The molecule has 25 heavy (non-hydrogen) atoms. The van der Waals surface area contributed by atoms with Crippen molar-refractivity contribution in [3.63, 3.8) is 0 Å². The zero-order valence-corrected chi connectivity index (χ0v) is 14.3. The molecule has 2 rings (SSSR count). The fraction of sp³-hybridized carbons (Fsp3) is 0.389. The van der Waals surface area contributed by atoms with E-state index in [2.05, 4.69) is 5.32 Å². The van der Waals surface area contributed by atoms with Crippen molar-refractivity contribution in [2.24, 2.45) is 5.92 Å². The van der Waals surface area contributed by atoms with Crippen molar-refractivity contribution in [1.29, 1.82) is 0 Å². The number of benzene rings is 1. The maximum Gasteiger partial charge on any atom is 0.326 e. The summed E-state index contributed by atoms with van der Waals surface area (Å²) >= 11 is 0. The molecule has 1 aromatic rings. The van der Waals surface area contributed by atoms with Crippen LogP contribution in [0.25, 0.3) is 0 Å². The van der Waals surface area contributed by atoms with E-state index in [9.17, 15) is 19.5 Å². The Hall–Kier alpha value is -2.83. The molecule has 0 radical (unpaired) electrons. The number of carbonyl (C=O) groups is 3. The van der Waals surface area contributed by atoms with Gasteiger partial charge < -0.3 is 20.1 Å². The molecule has 0 bridgehead atoms. The lowest BCUT2D eigenvalue weighted by molar-refractivity contribution is -0.142. The molecule has 1 aliphatic heterocycles. The van der Waals surface area contributed by atoms with Gasteiger partial charge in [0, 0.05) is 13.0 Å². The second-order valence-corrected chi connectivity index (χ2v) is 5.78. The van der Waals surface area contributed by atoms with Gasteiger partial charge in [0.05, 0.1) is 18.7 Å². The standard InChI is InChI=1S/C18H22N2O5/c1-3-4-7-13(18(23)24)19-17(22)12-10-16(21)20(11-12)14-8-5-6-9-15(14)25-2/h3-6,8-9,12-13H,7,10-11H2,1-2H3,(H,19,22)(H,23,24)/b4-3+. The fourth-order valence-corrected chi connectivity index (χ4v) is 2.75. The highest BCUT2D eigenvalue weighted by Crippen LogP contribution is 2.32. The zero-order chi connectivity index (χ0) is 18.4. The quantitative estimate of drug-likeness (QED) is 0.731. The number of hydrogen-bond donors (Lipinski definition) is 2. The number of nitrogens with zero attached hydrogens (tertiary/aromatic N) is 1. The molecule has 2 N–H and O–H groups in total. The van der Waals surface area contributed by atoms with Crippen LogP contribution in [0.1, 0.15) is 19.8 Å². The molecule has 2 amide bonds. The topological polar surface area (TPSA) is 95.9 Å². The molecule has 0 aromatic heterocycles. The van der Waals surface area contributed by atoms with Crippen LogP contribution in [0.2, 0.25) is 0 Å². The van der Waals surface area contributed by atoms with Crippen LogP contribution in [-0.2, 0) is 14.4 Å². The van der Waals surface area contributed by atoms with Crippen molar-refractivity contribution in [1.82, 2.24) is 5.32 Å². The molecule has 134 valence electrons. The number of carboxylic acid groups (broad SMARTS) is 1. The van der Waals surface area contributed by atoms with Gasteiger partial charge in [-0.05, 0) is 25.5 Å². The molecule has 1 aromatic carbocycles. The highest BCUT2D eigenvalue weighted by atomic mass is 16.5. The summed E-state index contributed by atoms with van der Waals surface area (Å²) in [5, 5.41) is 11.7. The summed E-state index contributed by atoms with van der Waals surface area (Å²) < 4.78 is 5.26. The van der Waals surface area contributed by atoms with E-state index in [-0.39, 0.29) is 25.3 Å². The first-order chi connectivity index (χ1) is 12.0. The fourth-order valence-electron chi connectivity index (χ4n) is 2.75. The van der Waals surface area contributed by atoms with Crippen LogP contribution in [0.15, 0.2) is 36.4 Å². The number of rotatable bonds is 7. The Labute approximate surface area is 146 Å². The van der Waals surface area contributed by atoms with Crippen LogP contribution >= 0.6 is 0 Å². The van der Waals surface area contributed by atoms with E-state index in [1.165, 1.54) is 12.0 Å². The smallest absolute Gasteiger partial charge is 0.326 e. The van der Waals surface area contributed by atoms with E-state index < -0.39 is 23.8 Å². The third kappa shape index (κ3) is 4.37. The summed E-state index contributed by atoms with van der Waals surface area (Å²) in [6.07, 6.45) is 3.65. The Morgan fingerprint density at radius 3 is 2.80 bits per heavy atom. The van der Waals surface area contributed by atoms with E-state index in [1.54, 1.807) is 43.3 Å². The molecule has 7 heteroatoms. The average molecular weight is 346 g/mol. The summed E-state index contributed by atoms with van der Waals surface area (Å²) in [5.74, 6) is -1.76. The Morgan fingerprint density at radius 2 is 2.16 bits per heavy atom. The van der Waals surface area contributed by atoms with Crippen molar-refractivity contribution >= 4 is 23.5 Å². The van der Waals surface area contributed by atoms with Crippen molar-refractivity contribution in [3.05, 3.63) is 36.4 Å². The molecule has 1 saturated heterocycles. The lowest BCUT2D eigenvalue weighted by Crippen LogP contribution is -2.44. The van der Waals surface area contributed by atoms with Crippen LogP contribution in [0.4, 0.5) is 5.69 Å². The van der Waals surface area contributed by atoms with Gasteiger partial charge >= 0.3 is 5.97 Å². The van der Waals surface area contributed by atoms with Gasteiger partial charge in [0.2, 0.25) is 11.8 Å². The number of ether oxygens (including phenoxy) is 1. The number of para-hydroxylation sites is 2. The number of anilines is 1. The van der Waals surface area contributed by atoms with Crippen LogP contribution in [0, 0.1) is 5.92 Å². The molecular formula is C18H22N2O5. The number of nitrogens with one attached hydrogen (secondary N) is 1. The van der Waals surface area contributed by atoms with E-state index in [0.29, 0.717) is 11.4 Å². The minimum atomic E-state index is -1.10. The minimum absolute atomic E-state index is 0.0415. The molecule has 1 aliphatic rings. The SMILES string of the molecule is C/C=C/CC(NC(=O)C1CC(=O)N(c2ccccc2OC)C1)C(=O)O. The first kappa shape index (κ1) is 18.5. The number of carboxylic acids is 1. The van der Waals surface area contributed by atoms with Gasteiger partial charge in [0.15, 0.2) is 0 Å². The van der Waals surface area contributed by atoms with E-state index in [0.717, 1.165) is 0 Å². The number of allylic oxidation sites excluding steroid dienone is 1. The number of methoxy groups -OCH3 is 1. The second-order valence-electron chi connectivity index (χ2n) is 5.78. The van der Waals surface area contributed by atoms with Gasteiger partial charge in [-0.15, -0.1) is 0 Å². The predicted molar refractivity (Wildman–Crippen MR) is 92.5 cm³/mol. The van der Waals surface area contributed by atoms with Gasteiger partial charge in [0.25, 0.3) is 0 Å². The van der Waals surface area contributed by atoms with Crippen molar-refractivity contribution in [2.75, 3.05) is 18.6 Å². The predicted octanol–water partition coefficient (Wildman–Crippen LogP) is 1.58. The minimum Gasteiger partial charge on any atom is -0.495 e. The van der Waals surface area contributed by atoms with Gasteiger partial charge in [-0.25, -0.2) is 4.79 Å². The molecule has 2 unspecified atom stereocenters. The normalized spacial score (nSPS) is 18.4. The third-order valence-electron chi connectivity index (χ3n) is 4.09. The summed E-state index contributed by atoms with van der Waals surface area (Å²) in [6.45, 7) is 1.97. The van der Waals surface area contributed by atoms with Crippen LogP contribution in [0.5, 0.6) is 5.75 Å². The molecule has 7 nitrogen and oxygen atoms in total. The van der Waals surface area contributed by atoms with Gasteiger partial charge in [-0.2, -0.15) is 0 Å². The average Bonchev–Trinajstić information content (AvgIpc) is 2.99. The summed E-state index contributed by atoms with van der Waals surface area (Å²) in [4.78, 5) is 37.5. The molecule has 1 fully saturated rings. The first-order valence-electron chi connectivity index (χ1n) is 8.05. The van der Waals surface area contributed by atoms with Gasteiger partial charge in [-0.3, -0.25) is 9.59 Å². The van der Waals surface area contributed by atoms with E-state index >= 15 is 0 Å². The Morgan fingerprint density at radius 1 is 1.44 bits per heavy atom. The lowest BCUT2D eigenvalue weighted by Gasteiger charge is -2.20. The molecule has 2 atom stereocenters. The lowest BCUT2D eigenvalue weighted by atomic mass is 10.1. The summed E-state index contributed by atoms with van der Waals surface area (Å²) in [5.41, 5.74) is 0.606. The van der Waals surface area contributed by atoms with Gasteiger partial charge in [-0.1, -0.05) is 24.3 Å². The Bertz CT molecular complexity index is 686. The van der Waals surface area contributed by atoms with E-state index in [4.69, 9.17) is 4.74 Å². The molecule has 0 spiro atoms. The number of hydrogen-bond acceptors (Lipinski definition) is 4.